The van der Waals surface area contributed by atoms with Gasteiger partial charge in [-0.3, -0.25) is 9.59 Å². The number of benzene rings is 1. The lowest BCUT2D eigenvalue weighted by atomic mass is 10.1. The number of amides is 2. The molecule has 1 heterocycles. The van der Waals surface area contributed by atoms with Crippen molar-refractivity contribution in [3.8, 4) is 5.75 Å². The third-order valence-electron chi connectivity index (χ3n) is 2.61. The first-order valence-electron chi connectivity index (χ1n) is 4.95. The predicted octanol–water partition coefficient (Wildman–Crippen LogP) is 0.771. The number of phenolic OH excluding ortho intramolecular Hbond substituents is 1. The molecule has 3 N–H and O–H groups in total. The van der Waals surface area contributed by atoms with Gasteiger partial charge >= 0.3 is 0 Å². The molecular formula is C11H12N2O3. The normalized spacial score (nSPS) is 19.5. The van der Waals surface area contributed by atoms with Gasteiger partial charge in [0, 0.05) is 0 Å². The Morgan fingerprint density at radius 3 is 2.69 bits per heavy atom. The highest BCUT2D eigenvalue weighted by Gasteiger charge is 2.26. The van der Waals surface area contributed by atoms with Gasteiger partial charge in [0.2, 0.25) is 5.91 Å². The van der Waals surface area contributed by atoms with Gasteiger partial charge in [-0.15, -0.1) is 0 Å². The number of anilines is 1. The van der Waals surface area contributed by atoms with Gasteiger partial charge in [0.25, 0.3) is 5.91 Å². The summed E-state index contributed by atoms with van der Waals surface area (Å²) in [5.74, 6) is -0.765. The van der Waals surface area contributed by atoms with E-state index in [0.29, 0.717) is 5.56 Å². The molecule has 0 bridgehead atoms. The number of nitrogens with one attached hydrogen (secondary N) is 2. The largest absolute Gasteiger partial charge is 0.505 e. The van der Waals surface area contributed by atoms with Crippen molar-refractivity contribution in [3.05, 3.63) is 23.3 Å². The first-order chi connectivity index (χ1) is 7.50. The maximum atomic E-state index is 11.7. The van der Waals surface area contributed by atoms with Crippen LogP contribution in [0.25, 0.3) is 0 Å². The second-order valence-electron chi connectivity index (χ2n) is 3.84. The van der Waals surface area contributed by atoms with Gasteiger partial charge in [0.05, 0.1) is 11.3 Å². The zero-order valence-electron chi connectivity index (χ0n) is 9.00. The van der Waals surface area contributed by atoms with Crippen LogP contribution < -0.4 is 10.6 Å². The lowest BCUT2D eigenvalue weighted by Crippen LogP contribution is -2.38. The molecule has 0 aromatic heterocycles. The molecule has 16 heavy (non-hydrogen) atoms. The minimum atomic E-state index is -0.611. The van der Waals surface area contributed by atoms with Crippen LogP contribution in [0.5, 0.6) is 5.75 Å². The zero-order valence-corrected chi connectivity index (χ0v) is 9.00. The molecule has 1 aliphatic heterocycles. The molecule has 5 heteroatoms. The molecule has 1 aromatic rings. The van der Waals surface area contributed by atoms with Gasteiger partial charge in [0.1, 0.15) is 11.8 Å². The van der Waals surface area contributed by atoms with Crippen LogP contribution in [0.15, 0.2) is 12.1 Å². The van der Waals surface area contributed by atoms with Gasteiger partial charge in [0.15, 0.2) is 0 Å². The van der Waals surface area contributed by atoms with E-state index >= 15 is 0 Å². The maximum absolute atomic E-state index is 11.7. The summed E-state index contributed by atoms with van der Waals surface area (Å²) < 4.78 is 0. The summed E-state index contributed by atoms with van der Waals surface area (Å²) in [6.07, 6.45) is 0. The minimum Gasteiger partial charge on any atom is -0.505 e. The Labute approximate surface area is 92.5 Å². The topological polar surface area (TPSA) is 78.4 Å². The van der Waals surface area contributed by atoms with Crippen molar-refractivity contribution in [1.82, 2.24) is 5.32 Å². The second-order valence-corrected chi connectivity index (χ2v) is 3.84. The standard InChI is InChI=1S/C11H12N2O3/c1-5-3-4-7-8(9(5)14)13-10(15)6(2)12-11(7)16/h3-4,6,14H,1-2H3,(H,12,16)(H,13,15). The average Bonchev–Trinajstić information content (AvgIpc) is 2.33. The Balaban J connectivity index is 2.60. The predicted molar refractivity (Wildman–Crippen MR) is 58.4 cm³/mol. The number of rotatable bonds is 0. The summed E-state index contributed by atoms with van der Waals surface area (Å²) in [7, 11) is 0. The monoisotopic (exact) mass is 220 g/mol. The maximum Gasteiger partial charge on any atom is 0.254 e. The van der Waals surface area contributed by atoms with E-state index < -0.39 is 6.04 Å². The Hall–Kier alpha value is -2.04. The first-order valence-corrected chi connectivity index (χ1v) is 4.95. The second kappa shape index (κ2) is 3.52. The van der Waals surface area contributed by atoms with E-state index in [2.05, 4.69) is 10.6 Å². The first kappa shape index (κ1) is 10.5. The molecule has 84 valence electrons. The number of aromatic hydroxyl groups is 1. The average molecular weight is 220 g/mol. The van der Waals surface area contributed by atoms with Crippen LogP contribution in [0.3, 0.4) is 0 Å². The fraction of sp³-hybridized carbons (Fsp3) is 0.273. The third kappa shape index (κ3) is 1.50. The summed E-state index contributed by atoms with van der Waals surface area (Å²) >= 11 is 0. The van der Waals surface area contributed by atoms with E-state index in [1.165, 1.54) is 0 Å². The Bertz CT molecular complexity index is 482. The van der Waals surface area contributed by atoms with Gasteiger partial charge < -0.3 is 15.7 Å². The number of phenols is 1. The number of carbonyl (C=O) groups is 2. The number of aryl methyl sites for hydroxylation is 1. The number of fused-ring (bicyclic) bond motifs is 1. The molecule has 1 atom stereocenters. The molecule has 1 aromatic carbocycles. The Kier molecular flexibility index (Phi) is 2.30. The van der Waals surface area contributed by atoms with Crippen LogP contribution >= 0.6 is 0 Å². The summed E-state index contributed by atoms with van der Waals surface area (Å²) in [6.45, 7) is 3.29. The van der Waals surface area contributed by atoms with Crippen molar-refractivity contribution >= 4 is 17.5 Å². The zero-order chi connectivity index (χ0) is 11.9. The van der Waals surface area contributed by atoms with Crippen molar-refractivity contribution in [1.29, 1.82) is 0 Å². The van der Waals surface area contributed by atoms with Crippen molar-refractivity contribution in [2.45, 2.75) is 19.9 Å². The highest BCUT2D eigenvalue weighted by Crippen LogP contribution is 2.32. The van der Waals surface area contributed by atoms with E-state index in [1.54, 1.807) is 26.0 Å². The Morgan fingerprint density at radius 1 is 1.31 bits per heavy atom. The molecule has 0 aliphatic carbocycles. The van der Waals surface area contributed by atoms with Crippen LogP contribution in [0.4, 0.5) is 5.69 Å². The molecule has 1 unspecified atom stereocenters. The van der Waals surface area contributed by atoms with E-state index in [1.807, 2.05) is 0 Å². The van der Waals surface area contributed by atoms with E-state index in [9.17, 15) is 14.7 Å². The molecular weight excluding hydrogens is 208 g/mol. The lowest BCUT2D eigenvalue weighted by molar-refractivity contribution is -0.117. The molecule has 0 fully saturated rings. The number of hydrogen-bond donors (Lipinski definition) is 3. The number of hydrogen-bond acceptors (Lipinski definition) is 3. The van der Waals surface area contributed by atoms with Crippen LogP contribution in [-0.4, -0.2) is 23.0 Å². The lowest BCUT2D eigenvalue weighted by Gasteiger charge is -2.09. The Morgan fingerprint density at radius 2 is 2.00 bits per heavy atom. The fourth-order valence-electron chi connectivity index (χ4n) is 1.58. The summed E-state index contributed by atoms with van der Waals surface area (Å²) in [5.41, 5.74) is 1.08. The van der Waals surface area contributed by atoms with E-state index in [-0.39, 0.29) is 28.8 Å². The van der Waals surface area contributed by atoms with E-state index in [4.69, 9.17) is 0 Å². The highest BCUT2D eigenvalue weighted by atomic mass is 16.3. The number of carbonyl (C=O) groups excluding carboxylic acids is 2. The van der Waals surface area contributed by atoms with Crippen molar-refractivity contribution in [3.63, 3.8) is 0 Å². The highest BCUT2D eigenvalue weighted by molar-refractivity contribution is 6.11. The van der Waals surface area contributed by atoms with Crippen LogP contribution in [0, 0.1) is 6.92 Å². The van der Waals surface area contributed by atoms with Crippen molar-refractivity contribution < 1.29 is 14.7 Å². The van der Waals surface area contributed by atoms with Crippen molar-refractivity contribution in [2.75, 3.05) is 5.32 Å². The third-order valence-corrected chi connectivity index (χ3v) is 2.61. The SMILES string of the molecule is Cc1ccc2c(c1O)NC(=O)C(C)NC2=O. The molecule has 0 spiro atoms. The molecule has 0 radical (unpaired) electrons. The van der Waals surface area contributed by atoms with Crippen LogP contribution in [0.1, 0.15) is 22.8 Å². The van der Waals surface area contributed by atoms with E-state index in [0.717, 1.165) is 0 Å². The molecule has 2 rings (SSSR count). The molecule has 5 nitrogen and oxygen atoms in total. The quantitative estimate of drug-likeness (QED) is 0.565. The smallest absolute Gasteiger partial charge is 0.254 e. The van der Waals surface area contributed by atoms with Crippen molar-refractivity contribution in [2.24, 2.45) is 0 Å². The van der Waals surface area contributed by atoms with Crippen LogP contribution in [-0.2, 0) is 4.79 Å². The fourth-order valence-corrected chi connectivity index (χ4v) is 1.58. The molecule has 2 amide bonds. The van der Waals surface area contributed by atoms with Gasteiger partial charge in [-0.2, -0.15) is 0 Å². The van der Waals surface area contributed by atoms with Crippen LogP contribution in [0.2, 0.25) is 0 Å². The molecule has 1 aliphatic rings. The van der Waals surface area contributed by atoms with Gasteiger partial charge in [-0.1, -0.05) is 6.07 Å². The molecule has 0 saturated heterocycles. The van der Waals surface area contributed by atoms with Gasteiger partial charge in [-0.25, -0.2) is 0 Å². The summed E-state index contributed by atoms with van der Waals surface area (Å²) in [6, 6.07) is 2.60. The molecule has 0 saturated carbocycles. The van der Waals surface area contributed by atoms with Gasteiger partial charge in [-0.05, 0) is 25.5 Å². The summed E-state index contributed by atoms with van der Waals surface area (Å²) in [5, 5.41) is 14.9. The summed E-state index contributed by atoms with van der Waals surface area (Å²) in [4.78, 5) is 23.3. The minimum absolute atomic E-state index is 0.0601.